The van der Waals surface area contributed by atoms with Gasteiger partial charge in [0.05, 0.1) is 16.2 Å². The van der Waals surface area contributed by atoms with Crippen LogP contribution in [-0.2, 0) is 11.3 Å². The maximum absolute atomic E-state index is 12.9. The Morgan fingerprint density at radius 2 is 2.04 bits per heavy atom. The van der Waals surface area contributed by atoms with E-state index in [1.165, 1.54) is 16.3 Å². The van der Waals surface area contributed by atoms with Crippen molar-refractivity contribution in [2.75, 3.05) is 11.9 Å². The van der Waals surface area contributed by atoms with Crippen molar-refractivity contribution in [2.24, 2.45) is 0 Å². The summed E-state index contributed by atoms with van der Waals surface area (Å²) >= 11 is 7.28. The van der Waals surface area contributed by atoms with E-state index in [-0.39, 0.29) is 11.5 Å². The summed E-state index contributed by atoms with van der Waals surface area (Å²) in [7, 11) is 1.74. The minimum absolute atomic E-state index is 0.0770. The lowest BCUT2D eigenvalue weighted by molar-refractivity contribution is -0.117. The fourth-order valence-electron chi connectivity index (χ4n) is 2.81. The number of amides is 1. The highest BCUT2D eigenvalue weighted by molar-refractivity contribution is 8.00. The number of benzene rings is 2. The number of hydrogen-bond acceptors (Lipinski definition) is 4. The molecule has 3 rings (SSSR count). The first-order valence-electron chi connectivity index (χ1n) is 8.72. The Balaban J connectivity index is 1.95. The zero-order valence-corrected chi connectivity index (χ0v) is 17.2. The lowest BCUT2D eigenvalue weighted by Crippen LogP contribution is -2.34. The molecule has 1 atom stereocenters. The summed E-state index contributed by atoms with van der Waals surface area (Å²) in [6.45, 7) is 5.83. The van der Waals surface area contributed by atoms with E-state index >= 15 is 0 Å². The van der Waals surface area contributed by atoms with Gasteiger partial charge in [0.1, 0.15) is 0 Å². The molecule has 0 saturated carbocycles. The zero-order valence-electron chi connectivity index (χ0n) is 15.6. The van der Waals surface area contributed by atoms with Crippen molar-refractivity contribution in [1.82, 2.24) is 9.55 Å². The van der Waals surface area contributed by atoms with Crippen LogP contribution in [0.2, 0.25) is 5.02 Å². The van der Waals surface area contributed by atoms with Crippen molar-refractivity contribution < 1.29 is 4.79 Å². The monoisotopic (exact) mass is 413 g/mol. The van der Waals surface area contributed by atoms with Gasteiger partial charge in [-0.15, -0.1) is 6.58 Å². The molecule has 0 unspecified atom stereocenters. The molecule has 0 fully saturated rings. The third-order valence-corrected chi connectivity index (χ3v) is 5.61. The molecule has 0 saturated heterocycles. The van der Waals surface area contributed by atoms with Crippen LogP contribution in [0.1, 0.15) is 6.92 Å². The molecule has 0 bridgehead atoms. The van der Waals surface area contributed by atoms with Crippen LogP contribution in [0.5, 0.6) is 0 Å². The normalized spacial score (nSPS) is 12.0. The highest BCUT2D eigenvalue weighted by Gasteiger charge is 2.22. The molecular formula is C21H20ClN3O2S. The number of fused-ring (bicyclic) bond motifs is 1. The number of anilines is 1. The van der Waals surface area contributed by atoms with Crippen molar-refractivity contribution in [3.63, 3.8) is 0 Å². The van der Waals surface area contributed by atoms with E-state index in [9.17, 15) is 9.59 Å². The van der Waals surface area contributed by atoms with Crippen LogP contribution in [0, 0.1) is 0 Å². The summed E-state index contributed by atoms with van der Waals surface area (Å²) in [5.74, 6) is -0.0770. The maximum Gasteiger partial charge on any atom is 0.262 e. The number of halogens is 1. The van der Waals surface area contributed by atoms with Gasteiger partial charge in [-0.3, -0.25) is 14.2 Å². The molecule has 28 heavy (non-hydrogen) atoms. The SMILES string of the molecule is C=CCn1c(S[C@H](C)C(=O)N(C)c2ccccc2)nc2ccc(Cl)cc2c1=O. The average molecular weight is 414 g/mol. The van der Waals surface area contributed by atoms with Crippen LogP contribution in [0.15, 0.2) is 71.1 Å². The molecule has 1 amide bonds. The molecule has 1 heterocycles. The zero-order chi connectivity index (χ0) is 20.3. The van der Waals surface area contributed by atoms with E-state index in [0.29, 0.717) is 27.6 Å². The standard InChI is InChI=1S/C21H20ClN3O2S/c1-4-12-25-20(27)17-13-15(22)10-11-18(17)23-21(25)28-14(2)19(26)24(3)16-8-6-5-7-9-16/h4-11,13-14H,1,12H2,2-3H3/t14-/m1/s1. The summed E-state index contributed by atoms with van der Waals surface area (Å²) in [6, 6.07) is 14.4. The molecule has 2 aromatic carbocycles. The van der Waals surface area contributed by atoms with Crippen molar-refractivity contribution in [3.8, 4) is 0 Å². The first kappa shape index (κ1) is 20.2. The van der Waals surface area contributed by atoms with E-state index in [4.69, 9.17) is 11.6 Å². The number of carbonyl (C=O) groups excluding carboxylic acids is 1. The molecule has 0 aliphatic rings. The van der Waals surface area contributed by atoms with Gasteiger partial charge in [-0.25, -0.2) is 4.98 Å². The van der Waals surface area contributed by atoms with E-state index in [0.717, 1.165) is 5.69 Å². The largest absolute Gasteiger partial charge is 0.315 e. The minimum Gasteiger partial charge on any atom is -0.315 e. The van der Waals surface area contributed by atoms with Gasteiger partial charge in [-0.1, -0.05) is 47.6 Å². The number of thioether (sulfide) groups is 1. The quantitative estimate of drug-likeness (QED) is 0.342. The van der Waals surface area contributed by atoms with Crippen molar-refractivity contribution >= 4 is 45.9 Å². The second-order valence-electron chi connectivity index (χ2n) is 6.25. The van der Waals surface area contributed by atoms with Crippen LogP contribution in [-0.4, -0.2) is 27.8 Å². The smallest absolute Gasteiger partial charge is 0.262 e. The Morgan fingerprint density at radius 1 is 1.32 bits per heavy atom. The van der Waals surface area contributed by atoms with Crippen molar-refractivity contribution in [2.45, 2.75) is 23.9 Å². The molecule has 0 spiro atoms. The lowest BCUT2D eigenvalue weighted by atomic mass is 10.2. The second kappa shape index (κ2) is 8.63. The fraction of sp³-hybridized carbons (Fsp3) is 0.190. The van der Waals surface area contributed by atoms with Crippen LogP contribution >= 0.6 is 23.4 Å². The van der Waals surface area contributed by atoms with Gasteiger partial charge in [-0.05, 0) is 37.3 Å². The number of hydrogen-bond donors (Lipinski definition) is 0. The number of rotatable bonds is 6. The van der Waals surface area contributed by atoms with Crippen LogP contribution in [0.4, 0.5) is 5.69 Å². The molecular weight excluding hydrogens is 394 g/mol. The summed E-state index contributed by atoms with van der Waals surface area (Å²) in [5, 5.41) is 0.962. The Morgan fingerprint density at radius 3 is 2.71 bits per heavy atom. The van der Waals surface area contributed by atoms with Crippen molar-refractivity contribution in [1.29, 1.82) is 0 Å². The molecule has 3 aromatic rings. The van der Waals surface area contributed by atoms with Gasteiger partial charge >= 0.3 is 0 Å². The summed E-state index contributed by atoms with van der Waals surface area (Å²) < 4.78 is 1.52. The number of carbonyl (C=O) groups is 1. The van der Waals surface area contributed by atoms with Gasteiger partial charge in [0, 0.05) is 24.3 Å². The predicted molar refractivity (Wildman–Crippen MR) is 116 cm³/mol. The van der Waals surface area contributed by atoms with Gasteiger partial charge in [0.25, 0.3) is 5.56 Å². The Bertz CT molecular complexity index is 1080. The molecule has 1 aromatic heterocycles. The molecule has 0 aliphatic carbocycles. The van der Waals surface area contributed by atoms with E-state index in [1.807, 2.05) is 37.3 Å². The maximum atomic E-state index is 12.9. The Kier molecular flexibility index (Phi) is 6.21. The number of para-hydroxylation sites is 1. The minimum atomic E-state index is -0.432. The van der Waals surface area contributed by atoms with Gasteiger partial charge < -0.3 is 4.90 Å². The van der Waals surface area contributed by atoms with Gasteiger partial charge in [-0.2, -0.15) is 0 Å². The number of aromatic nitrogens is 2. The molecule has 5 nitrogen and oxygen atoms in total. The Labute approximate surface area is 172 Å². The summed E-state index contributed by atoms with van der Waals surface area (Å²) in [4.78, 5) is 32.0. The van der Waals surface area contributed by atoms with Crippen molar-refractivity contribution in [3.05, 3.63) is 76.6 Å². The highest BCUT2D eigenvalue weighted by atomic mass is 35.5. The van der Waals surface area contributed by atoms with E-state index in [1.54, 1.807) is 36.2 Å². The van der Waals surface area contributed by atoms with Crippen LogP contribution < -0.4 is 10.5 Å². The Hall–Kier alpha value is -2.57. The predicted octanol–water partition coefficient (Wildman–Crippen LogP) is 4.38. The first-order valence-corrected chi connectivity index (χ1v) is 9.98. The topological polar surface area (TPSA) is 55.2 Å². The first-order chi connectivity index (χ1) is 13.4. The van der Waals surface area contributed by atoms with Gasteiger partial charge in [0.2, 0.25) is 5.91 Å². The van der Waals surface area contributed by atoms with Gasteiger partial charge in [0.15, 0.2) is 5.16 Å². The number of allylic oxidation sites excluding steroid dienone is 1. The van der Waals surface area contributed by atoms with E-state index in [2.05, 4.69) is 11.6 Å². The van der Waals surface area contributed by atoms with Crippen LogP contribution in [0.3, 0.4) is 0 Å². The molecule has 0 radical (unpaired) electrons. The molecule has 0 N–H and O–H groups in total. The summed E-state index contributed by atoms with van der Waals surface area (Å²) in [6.07, 6.45) is 1.63. The molecule has 0 aliphatic heterocycles. The molecule has 7 heteroatoms. The second-order valence-corrected chi connectivity index (χ2v) is 8.00. The highest BCUT2D eigenvalue weighted by Crippen LogP contribution is 2.26. The third-order valence-electron chi connectivity index (χ3n) is 4.30. The fourth-order valence-corrected chi connectivity index (χ4v) is 4.00. The molecule has 144 valence electrons. The number of nitrogens with zero attached hydrogens (tertiary/aromatic N) is 3. The summed E-state index contributed by atoms with van der Waals surface area (Å²) in [5.41, 5.74) is 1.16. The average Bonchev–Trinajstić information content (AvgIpc) is 2.71. The third kappa shape index (κ3) is 4.13. The lowest BCUT2D eigenvalue weighted by Gasteiger charge is -2.22. The van der Waals surface area contributed by atoms with E-state index < -0.39 is 5.25 Å². The van der Waals surface area contributed by atoms with Crippen LogP contribution in [0.25, 0.3) is 10.9 Å².